The van der Waals surface area contributed by atoms with Gasteiger partial charge in [-0.25, -0.2) is 12.7 Å². The van der Waals surface area contributed by atoms with Crippen LogP contribution in [0.25, 0.3) is 0 Å². The van der Waals surface area contributed by atoms with Crippen LogP contribution in [0.4, 0.5) is 17.1 Å². The fourth-order valence-corrected chi connectivity index (χ4v) is 7.59. The van der Waals surface area contributed by atoms with E-state index in [4.69, 9.17) is 4.74 Å². The van der Waals surface area contributed by atoms with Crippen LogP contribution in [0.5, 0.6) is 0 Å². The van der Waals surface area contributed by atoms with Crippen molar-refractivity contribution in [3.8, 4) is 0 Å². The van der Waals surface area contributed by atoms with Crippen molar-refractivity contribution in [1.29, 1.82) is 0 Å². The van der Waals surface area contributed by atoms with Crippen LogP contribution < -0.4 is 21.5 Å². The molecule has 2 fully saturated rings. The van der Waals surface area contributed by atoms with Crippen molar-refractivity contribution in [2.75, 3.05) is 63.1 Å². The van der Waals surface area contributed by atoms with Gasteiger partial charge in [0, 0.05) is 50.8 Å². The molecule has 4 rings (SSSR count). The minimum absolute atomic E-state index is 0.232. The Morgan fingerprint density at radius 2 is 1.56 bits per heavy atom. The summed E-state index contributed by atoms with van der Waals surface area (Å²) < 4.78 is 34.1. The predicted octanol–water partition coefficient (Wildman–Crippen LogP) is 3.08. The Balaban J connectivity index is 1.20. The fraction of sp³-hybridized carbons (Fsp3) is 0.679. The van der Waals surface area contributed by atoms with Crippen molar-refractivity contribution >= 4 is 27.1 Å². The molecule has 1 aliphatic carbocycles. The summed E-state index contributed by atoms with van der Waals surface area (Å²) in [6.45, 7) is 5.97. The van der Waals surface area contributed by atoms with Gasteiger partial charge in [-0.1, -0.05) is 32.1 Å². The van der Waals surface area contributed by atoms with Crippen LogP contribution in [-0.2, 0) is 14.8 Å². The third-order valence-electron chi connectivity index (χ3n) is 7.81. The van der Waals surface area contributed by atoms with Crippen molar-refractivity contribution in [2.45, 2.75) is 69.5 Å². The van der Waals surface area contributed by atoms with Crippen LogP contribution >= 0.6 is 0 Å². The van der Waals surface area contributed by atoms with Crippen LogP contribution in [0, 0.1) is 0 Å². The third-order valence-corrected chi connectivity index (χ3v) is 10.2. The molecule has 0 unspecified atom stereocenters. The number of unbranched alkanes of at least 4 members (excludes halogenated alkanes) is 3. The lowest BCUT2D eigenvalue weighted by atomic mass is 10.0. The number of ether oxygens (including phenoxy) is 1. The summed E-state index contributed by atoms with van der Waals surface area (Å²) in [6, 6.07) is 3.47. The summed E-state index contributed by atoms with van der Waals surface area (Å²) in [7, 11) is -3.28. The maximum Gasteiger partial charge on any atom is 0.253 e. The molecule has 1 aliphatic heterocycles. The highest BCUT2D eigenvalue weighted by Gasteiger charge is 2.32. The van der Waals surface area contributed by atoms with Gasteiger partial charge in [-0.15, -0.1) is 0 Å². The number of hydrogen-bond donors (Lipinski definition) is 2. The van der Waals surface area contributed by atoms with Gasteiger partial charge in [-0.2, -0.15) is 0 Å². The third kappa shape index (κ3) is 8.33. The lowest BCUT2D eigenvalue weighted by molar-refractivity contribution is 0.0369. The van der Waals surface area contributed by atoms with E-state index in [1.54, 1.807) is 28.8 Å². The SMILES string of the molecule is O=c1c(NCCCCCCN(CCCN2CCOCC2)S(=O)(=O)C2CCCCC2)c(Nc2ccncc2)c1=O. The number of nitrogens with zero attached hydrogens (tertiary/aromatic N) is 3. The smallest absolute Gasteiger partial charge is 0.253 e. The van der Waals surface area contributed by atoms with Crippen molar-refractivity contribution in [3.05, 3.63) is 45.0 Å². The molecule has 11 heteroatoms. The van der Waals surface area contributed by atoms with Gasteiger partial charge in [0.05, 0.1) is 18.5 Å². The van der Waals surface area contributed by atoms with Crippen LogP contribution in [0.1, 0.15) is 64.2 Å². The zero-order valence-electron chi connectivity index (χ0n) is 22.9. The molecule has 1 aromatic heterocycles. The molecule has 1 aromatic carbocycles. The van der Waals surface area contributed by atoms with Crippen molar-refractivity contribution in [3.63, 3.8) is 0 Å². The highest BCUT2D eigenvalue weighted by molar-refractivity contribution is 7.89. The van der Waals surface area contributed by atoms with E-state index in [9.17, 15) is 18.0 Å². The monoisotopic (exact) mass is 561 g/mol. The molecule has 0 bridgehead atoms. The molecule has 0 spiro atoms. The molecule has 0 amide bonds. The van der Waals surface area contributed by atoms with Gasteiger partial charge in [-0.3, -0.25) is 19.5 Å². The van der Waals surface area contributed by atoms with E-state index in [1.807, 2.05) is 0 Å². The predicted molar refractivity (Wildman–Crippen MR) is 155 cm³/mol. The number of pyridine rings is 1. The first-order valence-electron chi connectivity index (χ1n) is 14.5. The average Bonchev–Trinajstić information content (AvgIpc) is 2.98. The van der Waals surface area contributed by atoms with Gasteiger partial charge in [0.2, 0.25) is 10.0 Å². The summed E-state index contributed by atoms with van der Waals surface area (Å²) in [5.74, 6) is 0. The van der Waals surface area contributed by atoms with Crippen molar-refractivity contribution in [1.82, 2.24) is 14.2 Å². The van der Waals surface area contributed by atoms with Crippen LogP contribution in [0.15, 0.2) is 34.1 Å². The standard InChI is InChI=1S/C28H43N5O5S/c34-27-25(26(28(27)35)31-23-11-14-29-15-12-23)30-13-6-1-2-7-17-33(18-8-16-32-19-21-38-22-20-32)39(36,37)24-9-4-3-5-10-24/h11-12,14-15,24,30H,1-10,13,16-22H2,(H,29,31). The lowest BCUT2D eigenvalue weighted by Crippen LogP contribution is -2.42. The van der Waals surface area contributed by atoms with Gasteiger partial charge < -0.3 is 15.4 Å². The van der Waals surface area contributed by atoms with Crippen LogP contribution in [0.2, 0.25) is 0 Å². The average molecular weight is 562 g/mol. The Morgan fingerprint density at radius 1 is 0.897 bits per heavy atom. The quantitative estimate of drug-likeness (QED) is 0.235. The second-order valence-electron chi connectivity index (χ2n) is 10.6. The number of anilines is 3. The van der Waals surface area contributed by atoms with E-state index >= 15 is 0 Å². The first kappa shape index (κ1) is 29.6. The summed E-state index contributed by atoms with van der Waals surface area (Å²) in [5.41, 5.74) is 0.334. The molecule has 2 heterocycles. The Bertz CT molecular complexity index is 1190. The van der Waals surface area contributed by atoms with Crippen LogP contribution in [-0.4, -0.2) is 80.3 Å². The maximum absolute atomic E-state index is 13.5. The number of hydrogen-bond acceptors (Lipinski definition) is 9. The first-order valence-corrected chi connectivity index (χ1v) is 16.0. The second-order valence-corrected chi connectivity index (χ2v) is 12.8. The second kappa shape index (κ2) is 14.9. The minimum Gasteiger partial charge on any atom is -0.380 e. The molecule has 2 aromatic rings. The highest BCUT2D eigenvalue weighted by Crippen LogP contribution is 2.27. The number of nitrogens with one attached hydrogen (secondary N) is 2. The highest BCUT2D eigenvalue weighted by atomic mass is 32.2. The molecular formula is C28H43N5O5S. The van der Waals surface area contributed by atoms with E-state index in [0.717, 1.165) is 97.1 Å². The lowest BCUT2D eigenvalue weighted by Gasteiger charge is -2.31. The Kier molecular flexibility index (Phi) is 11.3. The number of sulfonamides is 1. The van der Waals surface area contributed by atoms with Crippen molar-refractivity contribution in [2.24, 2.45) is 0 Å². The van der Waals surface area contributed by atoms with E-state index in [0.29, 0.717) is 36.7 Å². The summed E-state index contributed by atoms with van der Waals surface area (Å²) in [4.78, 5) is 30.3. The van der Waals surface area contributed by atoms with Gasteiger partial charge in [0.25, 0.3) is 10.9 Å². The van der Waals surface area contributed by atoms with E-state index < -0.39 is 20.9 Å². The molecule has 10 nitrogen and oxygen atoms in total. The number of aromatic nitrogens is 1. The molecule has 216 valence electrons. The van der Waals surface area contributed by atoms with Crippen LogP contribution in [0.3, 0.4) is 0 Å². The molecule has 2 N–H and O–H groups in total. The summed E-state index contributed by atoms with van der Waals surface area (Å²) in [6.07, 6.45) is 12.3. The molecule has 0 radical (unpaired) electrons. The van der Waals surface area contributed by atoms with Gasteiger partial charge >= 0.3 is 0 Å². The maximum atomic E-state index is 13.5. The van der Waals surface area contributed by atoms with E-state index in [2.05, 4.69) is 20.5 Å². The topological polar surface area (TPSA) is 121 Å². The zero-order valence-corrected chi connectivity index (χ0v) is 23.7. The molecule has 2 aliphatic rings. The van der Waals surface area contributed by atoms with E-state index in [-0.39, 0.29) is 5.25 Å². The first-order chi connectivity index (χ1) is 19.0. The molecular weight excluding hydrogens is 518 g/mol. The van der Waals surface area contributed by atoms with Gasteiger partial charge in [-0.05, 0) is 50.8 Å². The van der Waals surface area contributed by atoms with Crippen molar-refractivity contribution < 1.29 is 13.2 Å². The largest absolute Gasteiger partial charge is 0.380 e. The normalized spacial score (nSPS) is 17.6. The number of morpholine rings is 1. The minimum atomic E-state index is -3.28. The molecule has 0 atom stereocenters. The van der Waals surface area contributed by atoms with E-state index in [1.165, 1.54) is 0 Å². The molecule has 1 saturated carbocycles. The summed E-state index contributed by atoms with van der Waals surface area (Å²) >= 11 is 0. The Labute approximate surface area is 231 Å². The van der Waals surface area contributed by atoms with Gasteiger partial charge in [0.15, 0.2) is 0 Å². The zero-order chi connectivity index (χ0) is 27.5. The number of rotatable bonds is 16. The van der Waals surface area contributed by atoms with Gasteiger partial charge in [0.1, 0.15) is 11.4 Å². The molecule has 1 saturated heterocycles. The Morgan fingerprint density at radius 3 is 2.31 bits per heavy atom. The summed E-state index contributed by atoms with van der Waals surface area (Å²) in [5, 5.41) is 5.87. The Hall–Kier alpha value is -2.34. The molecule has 39 heavy (non-hydrogen) atoms. The fourth-order valence-electron chi connectivity index (χ4n) is 5.47.